The van der Waals surface area contributed by atoms with Gasteiger partial charge in [0, 0.05) is 27.7 Å². The number of allylic oxidation sites excluding steroid dienone is 1. The van der Waals surface area contributed by atoms with Gasteiger partial charge in [-0.2, -0.15) is 0 Å². The van der Waals surface area contributed by atoms with Crippen molar-refractivity contribution in [2.45, 2.75) is 39.2 Å². The van der Waals surface area contributed by atoms with Crippen LogP contribution < -0.4 is 10.2 Å². The van der Waals surface area contributed by atoms with Crippen LogP contribution in [-0.2, 0) is 16.0 Å². The number of fused-ring (bicyclic) bond motifs is 1. The number of phenolic OH excluding ortho intramolecular Hbond substituents is 1. The summed E-state index contributed by atoms with van der Waals surface area (Å²) in [6, 6.07) is 18.8. The summed E-state index contributed by atoms with van der Waals surface area (Å²) in [5.41, 5.74) is 3.19. The predicted octanol–water partition coefficient (Wildman–Crippen LogP) is 7.08. The van der Waals surface area contributed by atoms with Gasteiger partial charge in [0.1, 0.15) is 11.4 Å². The summed E-state index contributed by atoms with van der Waals surface area (Å²) < 4.78 is 0. The van der Waals surface area contributed by atoms with E-state index in [2.05, 4.69) is 5.32 Å². The summed E-state index contributed by atoms with van der Waals surface area (Å²) in [7, 11) is 0. The molecule has 1 aliphatic carbocycles. The second-order valence-corrected chi connectivity index (χ2v) is 11.0. The number of anilines is 2. The summed E-state index contributed by atoms with van der Waals surface area (Å²) in [5.74, 6) is -0.289. The summed E-state index contributed by atoms with van der Waals surface area (Å²) in [6.45, 7) is 4.07. The number of hydrogen-bond donors (Lipinski definition) is 2. The fourth-order valence-corrected chi connectivity index (χ4v) is 5.70. The van der Waals surface area contributed by atoms with Gasteiger partial charge in [0.2, 0.25) is 5.91 Å². The first-order valence-corrected chi connectivity index (χ1v) is 12.6. The van der Waals surface area contributed by atoms with E-state index in [0.717, 1.165) is 5.56 Å². The van der Waals surface area contributed by atoms with Crippen LogP contribution in [-0.4, -0.2) is 16.8 Å². The SMILES string of the molecule is CC1(C)CC(=O)C2=C(C1)Nc1c(O)cccc1N(C(=O)Cc1ccccc1)C2c1ccc(Cl)cc1Cl. The van der Waals surface area contributed by atoms with Crippen molar-refractivity contribution in [2.75, 3.05) is 10.2 Å². The molecule has 36 heavy (non-hydrogen) atoms. The molecule has 0 saturated carbocycles. The molecule has 5 rings (SSSR count). The first kappa shape index (κ1) is 24.4. The number of benzene rings is 3. The highest BCUT2D eigenvalue weighted by Crippen LogP contribution is 2.51. The molecule has 1 unspecified atom stereocenters. The Morgan fingerprint density at radius 3 is 2.53 bits per heavy atom. The van der Waals surface area contributed by atoms with Gasteiger partial charge in [-0.1, -0.05) is 79.5 Å². The molecule has 3 aromatic rings. The fourth-order valence-electron chi connectivity index (χ4n) is 5.19. The zero-order valence-corrected chi connectivity index (χ0v) is 21.5. The summed E-state index contributed by atoms with van der Waals surface area (Å²) in [6.07, 6.45) is 1.02. The Labute approximate surface area is 220 Å². The fraction of sp³-hybridized carbons (Fsp3) is 0.241. The van der Waals surface area contributed by atoms with Gasteiger partial charge in [0.15, 0.2) is 5.78 Å². The van der Waals surface area contributed by atoms with Crippen LogP contribution >= 0.6 is 23.2 Å². The molecule has 1 heterocycles. The minimum absolute atomic E-state index is 0.00413. The Bertz CT molecular complexity index is 1400. The lowest BCUT2D eigenvalue weighted by Crippen LogP contribution is -2.40. The summed E-state index contributed by atoms with van der Waals surface area (Å²) in [5, 5.41) is 15.0. The first-order chi connectivity index (χ1) is 17.1. The number of rotatable bonds is 3. The van der Waals surface area contributed by atoms with E-state index in [-0.39, 0.29) is 29.3 Å². The highest BCUT2D eigenvalue weighted by molar-refractivity contribution is 6.35. The van der Waals surface area contributed by atoms with E-state index in [4.69, 9.17) is 23.2 Å². The van der Waals surface area contributed by atoms with E-state index in [0.29, 0.717) is 51.1 Å². The smallest absolute Gasteiger partial charge is 0.232 e. The van der Waals surface area contributed by atoms with E-state index in [9.17, 15) is 14.7 Å². The van der Waals surface area contributed by atoms with Gasteiger partial charge in [-0.05, 0) is 47.2 Å². The second kappa shape index (κ2) is 9.30. The minimum atomic E-state index is -0.792. The lowest BCUT2D eigenvalue weighted by molar-refractivity contribution is -0.119. The van der Waals surface area contributed by atoms with Crippen LogP contribution in [0.15, 0.2) is 78.0 Å². The van der Waals surface area contributed by atoms with Crippen molar-refractivity contribution in [3.8, 4) is 5.75 Å². The number of para-hydroxylation sites is 1. The van der Waals surface area contributed by atoms with Gasteiger partial charge in [-0.3, -0.25) is 14.5 Å². The van der Waals surface area contributed by atoms with Gasteiger partial charge in [-0.15, -0.1) is 0 Å². The normalized spacial score (nSPS) is 18.7. The molecule has 2 aliphatic rings. The Kier molecular flexibility index (Phi) is 6.31. The summed E-state index contributed by atoms with van der Waals surface area (Å²) in [4.78, 5) is 29.4. The number of amides is 1. The molecule has 1 aliphatic heterocycles. The summed E-state index contributed by atoms with van der Waals surface area (Å²) >= 11 is 12.9. The average molecular weight is 521 g/mol. The van der Waals surface area contributed by atoms with E-state index < -0.39 is 6.04 Å². The molecule has 0 saturated heterocycles. The van der Waals surface area contributed by atoms with E-state index in [1.54, 1.807) is 41.3 Å². The van der Waals surface area contributed by atoms with Crippen LogP contribution in [0.1, 0.15) is 43.9 Å². The van der Waals surface area contributed by atoms with Crippen LogP contribution in [0.25, 0.3) is 0 Å². The zero-order chi connectivity index (χ0) is 25.6. The molecule has 7 heteroatoms. The lowest BCUT2D eigenvalue weighted by atomic mass is 9.73. The van der Waals surface area contributed by atoms with Crippen LogP contribution in [0.5, 0.6) is 5.75 Å². The highest BCUT2D eigenvalue weighted by atomic mass is 35.5. The largest absolute Gasteiger partial charge is 0.506 e. The predicted molar refractivity (Wildman–Crippen MR) is 144 cm³/mol. The molecule has 0 bridgehead atoms. The Hall–Kier alpha value is -3.28. The van der Waals surface area contributed by atoms with Crippen molar-refractivity contribution in [1.29, 1.82) is 0 Å². The molecule has 2 N–H and O–H groups in total. The number of nitrogens with one attached hydrogen (secondary N) is 1. The third-order valence-corrected chi connectivity index (χ3v) is 7.29. The Morgan fingerprint density at radius 1 is 1.06 bits per heavy atom. The van der Waals surface area contributed by atoms with Gasteiger partial charge in [0.25, 0.3) is 0 Å². The second-order valence-electron chi connectivity index (χ2n) is 10.1. The Morgan fingerprint density at radius 2 is 1.81 bits per heavy atom. The number of halogens is 2. The van der Waals surface area contributed by atoms with Gasteiger partial charge in [0.05, 0.1) is 18.2 Å². The molecule has 3 aromatic carbocycles. The van der Waals surface area contributed by atoms with Crippen molar-refractivity contribution >= 4 is 46.3 Å². The van der Waals surface area contributed by atoms with Crippen molar-refractivity contribution in [3.05, 3.63) is 99.2 Å². The standard InChI is InChI=1S/C29H26Cl2N2O3/c1-29(2)15-21-26(24(35)16-29)28(19-12-11-18(30)14-20(19)31)33(22-9-6-10-23(34)27(22)32-21)25(36)13-17-7-4-3-5-8-17/h3-12,14,28,32,34H,13,15-16H2,1-2H3. The topological polar surface area (TPSA) is 69.6 Å². The van der Waals surface area contributed by atoms with Gasteiger partial charge < -0.3 is 10.4 Å². The first-order valence-electron chi connectivity index (χ1n) is 11.8. The molecule has 5 nitrogen and oxygen atoms in total. The Balaban J connectivity index is 1.78. The number of hydrogen-bond acceptors (Lipinski definition) is 4. The van der Waals surface area contributed by atoms with E-state index in [1.807, 2.05) is 44.2 Å². The molecule has 184 valence electrons. The molecule has 0 spiro atoms. The van der Waals surface area contributed by atoms with Crippen molar-refractivity contribution < 1.29 is 14.7 Å². The van der Waals surface area contributed by atoms with Crippen molar-refractivity contribution in [1.82, 2.24) is 0 Å². The maximum absolute atomic E-state index is 14.1. The lowest BCUT2D eigenvalue weighted by Gasteiger charge is -2.37. The van der Waals surface area contributed by atoms with Crippen molar-refractivity contribution in [2.24, 2.45) is 5.41 Å². The molecular formula is C29H26Cl2N2O3. The third-order valence-electron chi connectivity index (χ3n) is 6.73. The van der Waals surface area contributed by atoms with Crippen molar-refractivity contribution in [3.63, 3.8) is 0 Å². The van der Waals surface area contributed by atoms with E-state index in [1.165, 1.54) is 0 Å². The third kappa shape index (κ3) is 4.49. The quantitative estimate of drug-likeness (QED) is 0.361. The molecule has 0 fully saturated rings. The van der Waals surface area contributed by atoms with Crippen LogP contribution in [0.2, 0.25) is 10.0 Å². The number of nitrogens with zero attached hydrogens (tertiary/aromatic N) is 1. The van der Waals surface area contributed by atoms with Crippen LogP contribution in [0, 0.1) is 5.41 Å². The van der Waals surface area contributed by atoms with Crippen LogP contribution in [0.3, 0.4) is 0 Å². The van der Waals surface area contributed by atoms with Gasteiger partial charge >= 0.3 is 0 Å². The zero-order valence-electron chi connectivity index (χ0n) is 20.0. The maximum Gasteiger partial charge on any atom is 0.232 e. The average Bonchev–Trinajstić information content (AvgIpc) is 2.94. The number of Topliss-reactive ketones (excluding diaryl/α,β-unsaturated/α-hetero) is 1. The molecule has 1 amide bonds. The molecular weight excluding hydrogens is 495 g/mol. The number of carbonyl (C=O) groups excluding carboxylic acids is 2. The number of ketones is 1. The monoisotopic (exact) mass is 520 g/mol. The minimum Gasteiger partial charge on any atom is -0.506 e. The van der Waals surface area contributed by atoms with Gasteiger partial charge in [-0.25, -0.2) is 0 Å². The molecule has 1 atom stereocenters. The molecule has 0 aromatic heterocycles. The maximum atomic E-state index is 14.1. The number of aromatic hydroxyl groups is 1. The number of phenols is 1. The molecule has 0 radical (unpaired) electrons. The van der Waals surface area contributed by atoms with Crippen LogP contribution in [0.4, 0.5) is 11.4 Å². The number of carbonyl (C=O) groups is 2. The highest BCUT2D eigenvalue weighted by Gasteiger charge is 2.44. The van der Waals surface area contributed by atoms with E-state index >= 15 is 0 Å².